The predicted molar refractivity (Wildman–Crippen MR) is 48.1 cm³/mol. The van der Waals surface area contributed by atoms with Crippen molar-refractivity contribution >= 4 is 12.4 Å². The Morgan fingerprint density at radius 2 is 2.23 bits per heavy atom. The maximum atomic E-state index is 5.31. The molecular formula is C9H10N2O2. The Bertz CT molecular complexity index is 308. The summed E-state index contributed by atoms with van der Waals surface area (Å²) in [6, 6.07) is 3.64. The zero-order valence-corrected chi connectivity index (χ0v) is 7.14. The third kappa shape index (κ3) is 1.59. The van der Waals surface area contributed by atoms with Gasteiger partial charge < -0.3 is 9.47 Å². The summed E-state index contributed by atoms with van der Waals surface area (Å²) >= 11 is 0. The van der Waals surface area contributed by atoms with E-state index in [0.717, 1.165) is 5.69 Å². The average Bonchev–Trinajstić information content (AvgIpc) is 2.70. The first-order valence-electron chi connectivity index (χ1n) is 4.06. The van der Waals surface area contributed by atoms with Crippen LogP contribution < -0.4 is 0 Å². The number of aromatic nitrogens is 1. The maximum Gasteiger partial charge on any atom is 0.203 e. The zero-order valence-electron chi connectivity index (χ0n) is 7.14. The molecule has 0 unspecified atom stereocenters. The maximum absolute atomic E-state index is 5.31. The van der Waals surface area contributed by atoms with Gasteiger partial charge in [-0.2, -0.15) is 0 Å². The molecule has 4 heteroatoms. The van der Waals surface area contributed by atoms with E-state index in [9.17, 15) is 0 Å². The highest BCUT2D eigenvalue weighted by molar-refractivity contribution is 5.48. The number of nitrogens with zero attached hydrogens (tertiary/aromatic N) is 2. The lowest BCUT2D eigenvalue weighted by molar-refractivity contribution is -0.0467. The van der Waals surface area contributed by atoms with E-state index in [1.54, 1.807) is 6.20 Å². The van der Waals surface area contributed by atoms with Gasteiger partial charge in [-0.3, -0.25) is 9.98 Å². The molecule has 1 aliphatic rings. The molecule has 0 atom stereocenters. The van der Waals surface area contributed by atoms with Gasteiger partial charge in [-0.25, -0.2) is 0 Å². The molecule has 0 aliphatic carbocycles. The van der Waals surface area contributed by atoms with Gasteiger partial charge in [0.05, 0.1) is 18.9 Å². The van der Waals surface area contributed by atoms with Gasteiger partial charge in [-0.05, 0) is 18.9 Å². The quantitative estimate of drug-likeness (QED) is 0.644. The fourth-order valence-electron chi connectivity index (χ4n) is 1.24. The van der Waals surface area contributed by atoms with Crippen LogP contribution in [0.25, 0.3) is 0 Å². The molecule has 0 spiro atoms. The highest BCUT2D eigenvalue weighted by atomic mass is 16.7. The van der Waals surface area contributed by atoms with Crippen molar-refractivity contribution in [1.29, 1.82) is 0 Å². The second-order valence-electron chi connectivity index (χ2n) is 2.64. The SMILES string of the molecule is C=Nc1cccnc1C1OCCO1. The average molecular weight is 178 g/mol. The molecule has 13 heavy (non-hydrogen) atoms. The van der Waals surface area contributed by atoms with Crippen molar-refractivity contribution in [2.45, 2.75) is 6.29 Å². The number of rotatable bonds is 2. The molecule has 1 aromatic rings. The molecule has 1 saturated heterocycles. The highest BCUT2D eigenvalue weighted by Crippen LogP contribution is 2.28. The summed E-state index contributed by atoms with van der Waals surface area (Å²) in [5.74, 6) is 0. The highest BCUT2D eigenvalue weighted by Gasteiger charge is 2.21. The number of aliphatic imine (C=N–C) groups is 1. The van der Waals surface area contributed by atoms with E-state index >= 15 is 0 Å². The van der Waals surface area contributed by atoms with Crippen LogP contribution in [0.4, 0.5) is 5.69 Å². The summed E-state index contributed by atoms with van der Waals surface area (Å²) in [7, 11) is 0. The summed E-state index contributed by atoms with van der Waals surface area (Å²) in [4.78, 5) is 7.99. The van der Waals surface area contributed by atoms with Crippen molar-refractivity contribution in [1.82, 2.24) is 4.98 Å². The van der Waals surface area contributed by atoms with Crippen LogP contribution in [0.5, 0.6) is 0 Å². The molecule has 0 N–H and O–H groups in total. The van der Waals surface area contributed by atoms with E-state index in [1.807, 2.05) is 12.1 Å². The van der Waals surface area contributed by atoms with E-state index in [2.05, 4.69) is 16.7 Å². The Morgan fingerprint density at radius 1 is 1.46 bits per heavy atom. The first kappa shape index (κ1) is 8.34. The zero-order chi connectivity index (χ0) is 9.10. The van der Waals surface area contributed by atoms with Gasteiger partial charge in [0, 0.05) is 6.20 Å². The van der Waals surface area contributed by atoms with E-state index in [1.165, 1.54) is 0 Å². The van der Waals surface area contributed by atoms with E-state index in [4.69, 9.17) is 9.47 Å². The summed E-state index contributed by atoms with van der Waals surface area (Å²) < 4.78 is 10.6. The van der Waals surface area contributed by atoms with Crippen LogP contribution in [-0.4, -0.2) is 24.9 Å². The van der Waals surface area contributed by atoms with Crippen molar-refractivity contribution in [2.75, 3.05) is 13.2 Å². The van der Waals surface area contributed by atoms with Crippen LogP contribution in [0.1, 0.15) is 12.0 Å². The van der Waals surface area contributed by atoms with Crippen LogP contribution >= 0.6 is 0 Å². The van der Waals surface area contributed by atoms with Crippen molar-refractivity contribution in [3.63, 3.8) is 0 Å². The standard InChI is InChI=1S/C9H10N2O2/c1-10-7-3-2-4-11-8(7)9-12-5-6-13-9/h2-4,9H,1,5-6H2. The lowest BCUT2D eigenvalue weighted by Crippen LogP contribution is -2.00. The Labute approximate surface area is 76.2 Å². The molecular weight excluding hydrogens is 168 g/mol. The van der Waals surface area contributed by atoms with E-state index < -0.39 is 0 Å². The third-order valence-electron chi connectivity index (χ3n) is 1.83. The molecule has 0 amide bonds. The normalized spacial score (nSPS) is 17.5. The van der Waals surface area contributed by atoms with Crippen LogP contribution in [0.2, 0.25) is 0 Å². The fourth-order valence-corrected chi connectivity index (χ4v) is 1.24. The first-order chi connectivity index (χ1) is 6.42. The lowest BCUT2D eigenvalue weighted by Gasteiger charge is -2.09. The van der Waals surface area contributed by atoms with Gasteiger partial charge in [-0.1, -0.05) is 0 Å². The molecule has 1 aliphatic heterocycles. The Balaban J connectivity index is 2.31. The Hall–Kier alpha value is -1.26. The molecule has 0 bridgehead atoms. The van der Waals surface area contributed by atoms with Gasteiger partial charge in [0.15, 0.2) is 0 Å². The minimum absolute atomic E-state index is 0.373. The van der Waals surface area contributed by atoms with E-state index in [0.29, 0.717) is 18.9 Å². The number of hydrogen-bond donors (Lipinski definition) is 0. The van der Waals surface area contributed by atoms with Crippen LogP contribution in [-0.2, 0) is 9.47 Å². The van der Waals surface area contributed by atoms with Gasteiger partial charge in [0.25, 0.3) is 0 Å². The van der Waals surface area contributed by atoms with Crippen molar-refractivity contribution in [2.24, 2.45) is 4.99 Å². The molecule has 4 nitrogen and oxygen atoms in total. The second-order valence-corrected chi connectivity index (χ2v) is 2.64. The minimum atomic E-state index is -0.373. The molecule has 2 rings (SSSR count). The van der Waals surface area contributed by atoms with Gasteiger partial charge in [0.2, 0.25) is 6.29 Å². The second kappa shape index (κ2) is 3.64. The predicted octanol–water partition coefficient (Wildman–Crippen LogP) is 1.46. The van der Waals surface area contributed by atoms with Crippen molar-refractivity contribution in [3.05, 3.63) is 24.0 Å². The largest absolute Gasteiger partial charge is 0.345 e. The molecule has 68 valence electrons. The third-order valence-corrected chi connectivity index (χ3v) is 1.83. The lowest BCUT2D eigenvalue weighted by atomic mass is 10.3. The molecule has 0 aromatic carbocycles. The molecule has 1 aromatic heterocycles. The van der Waals surface area contributed by atoms with Crippen LogP contribution in [0.15, 0.2) is 23.3 Å². The van der Waals surface area contributed by atoms with Crippen molar-refractivity contribution in [3.8, 4) is 0 Å². The molecule has 2 heterocycles. The first-order valence-corrected chi connectivity index (χ1v) is 4.06. The van der Waals surface area contributed by atoms with E-state index in [-0.39, 0.29) is 6.29 Å². The molecule has 1 fully saturated rings. The summed E-state index contributed by atoms with van der Waals surface area (Å²) in [5.41, 5.74) is 1.42. The summed E-state index contributed by atoms with van der Waals surface area (Å²) in [5, 5.41) is 0. The Morgan fingerprint density at radius 3 is 2.92 bits per heavy atom. The number of pyridine rings is 1. The topological polar surface area (TPSA) is 43.7 Å². The monoisotopic (exact) mass is 178 g/mol. The van der Waals surface area contributed by atoms with Crippen LogP contribution in [0, 0.1) is 0 Å². The molecule has 0 saturated carbocycles. The Kier molecular flexibility index (Phi) is 2.33. The molecule has 0 radical (unpaired) electrons. The van der Waals surface area contributed by atoms with Gasteiger partial charge in [-0.15, -0.1) is 0 Å². The summed E-state index contributed by atoms with van der Waals surface area (Å²) in [6.45, 7) is 4.68. The van der Waals surface area contributed by atoms with Gasteiger partial charge >= 0.3 is 0 Å². The van der Waals surface area contributed by atoms with Crippen LogP contribution in [0.3, 0.4) is 0 Å². The number of hydrogen-bond acceptors (Lipinski definition) is 4. The summed E-state index contributed by atoms with van der Waals surface area (Å²) in [6.07, 6.45) is 1.32. The minimum Gasteiger partial charge on any atom is -0.345 e. The fraction of sp³-hybridized carbons (Fsp3) is 0.333. The number of ether oxygens (including phenoxy) is 2. The van der Waals surface area contributed by atoms with Crippen molar-refractivity contribution < 1.29 is 9.47 Å². The smallest absolute Gasteiger partial charge is 0.203 e. The van der Waals surface area contributed by atoms with Gasteiger partial charge in [0.1, 0.15) is 5.69 Å².